The van der Waals surface area contributed by atoms with Crippen LogP contribution in [0.2, 0.25) is 0 Å². The fraction of sp³-hybridized carbons (Fsp3) is 0.258. The molecule has 1 amide bonds. The molecule has 0 bridgehead atoms. The maximum atomic E-state index is 13.6. The van der Waals surface area contributed by atoms with E-state index in [1.807, 2.05) is 30.3 Å². The van der Waals surface area contributed by atoms with Crippen LogP contribution in [0, 0.1) is 5.82 Å². The number of amides is 1. The largest absolute Gasteiger partial charge is 0.481 e. The lowest BCUT2D eigenvalue weighted by atomic mass is 9.94. The molecule has 0 saturated carbocycles. The molecular formula is C31H29FN4O5. The summed E-state index contributed by atoms with van der Waals surface area (Å²) >= 11 is 0. The summed E-state index contributed by atoms with van der Waals surface area (Å²) in [6.07, 6.45) is 1.52. The molecule has 0 fully saturated rings. The molecule has 9 nitrogen and oxygen atoms in total. The number of carbonyl (C=O) groups is 2. The number of hydrogen-bond donors (Lipinski definition) is 2. The summed E-state index contributed by atoms with van der Waals surface area (Å²) < 4.78 is 15.0. The third kappa shape index (κ3) is 6.16. The lowest BCUT2D eigenvalue weighted by Crippen LogP contribution is -2.44. The molecule has 1 aliphatic rings. The Morgan fingerprint density at radius 1 is 1.07 bits per heavy atom. The minimum Gasteiger partial charge on any atom is -0.481 e. The number of oxime groups is 1. The van der Waals surface area contributed by atoms with E-state index in [2.05, 4.69) is 10.5 Å². The maximum Gasteiger partial charge on any atom is 0.303 e. The van der Waals surface area contributed by atoms with E-state index in [9.17, 15) is 18.8 Å². The SMILES string of the molecule is C[C@@]1(C(=O)NCc2ccccc2)CC(c2ccc3c(=O)n(-c4ccc(F)cc4)c(CCCCC(=O)O)nc3c2)=NO1. The van der Waals surface area contributed by atoms with Gasteiger partial charge in [0.15, 0.2) is 0 Å². The number of unbranched alkanes of at least 4 members (excludes halogenated alkanes) is 1. The number of carboxylic acid groups (broad SMARTS) is 1. The lowest BCUT2D eigenvalue weighted by molar-refractivity contribution is -0.142. The van der Waals surface area contributed by atoms with Crippen molar-refractivity contribution < 1.29 is 23.9 Å². The van der Waals surface area contributed by atoms with Crippen molar-refractivity contribution in [1.82, 2.24) is 14.9 Å². The first-order valence-corrected chi connectivity index (χ1v) is 13.3. The number of rotatable bonds is 10. The van der Waals surface area contributed by atoms with Gasteiger partial charge in [-0.05, 0) is 61.7 Å². The Balaban J connectivity index is 1.41. The summed E-state index contributed by atoms with van der Waals surface area (Å²) in [5, 5.41) is 16.4. The highest BCUT2D eigenvalue weighted by atomic mass is 19.1. The van der Waals surface area contributed by atoms with Gasteiger partial charge in [-0.2, -0.15) is 0 Å². The van der Waals surface area contributed by atoms with E-state index in [0.717, 1.165) is 5.56 Å². The van der Waals surface area contributed by atoms with Crippen molar-refractivity contribution in [3.05, 3.63) is 106 Å². The minimum absolute atomic E-state index is 0.00995. The predicted octanol–water partition coefficient (Wildman–Crippen LogP) is 4.52. The van der Waals surface area contributed by atoms with E-state index in [1.54, 1.807) is 25.1 Å². The molecule has 41 heavy (non-hydrogen) atoms. The number of hydrogen-bond acceptors (Lipinski definition) is 6. The van der Waals surface area contributed by atoms with Gasteiger partial charge in [0, 0.05) is 31.4 Å². The van der Waals surface area contributed by atoms with E-state index < -0.39 is 17.4 Å². The molecule has 0 unspecified atom stereocenters. The van der Waals surface area contributed by atoms with Crippen LogP contribution < -0.4 is 10.9 Å². The molecule has 1 atom stereocenters. The van der Waals surface area contributed by atoms with Crippen molar-refractivity contribution in [2.24, 2.45) is 5.16 Å². The van der Waals surface area contributed by atoms with Gasteiger partial charge in [-0.3, -0.25) is 19.0 Å². The molecule has 0 aliphatic carbocycles. The Morgan fingerprint density at radius 3 is 2.56 bits per heavy atom. The molecular weight excluding hydrogens is 527 g/mol. The van der Waals surface area contributed by atoms with Crippen LogP contribution >= 0.6 is 0 Å². The van der Waals surface area contributed by atoms with E-state index >= 15 is 0 Å². The van der Waals surface area contributed by atoms with E-state index in [-0.39, 0.29) is 24.3 Å². The van der Waals surface area contributed by atoms with Gasteiger partial charge in [-0.25, -0.2) is 9.37 Å². The molecule has 0 spiro atoms. The van der Waals surface area contributed by atoms with Crippen LogP contribution in [0.4, 0.5) is 4.39 Å². The van der Waals surface area contributed by atoms with Gasteiger partial charge < -0.3 is 15.3 Å². The van der Waals surface area contributed by atoms with Crippen LogP contribution in [0.25, 0.3) is 16.6 Å². The second kappa shape index (κ2) is 11.7. The number of aliphatic carboxylic acids is 1. The monoisotopic (exact) mass is 556 g/mol. The Hall–Kier alpha value is -4.86. The molecule has 210 valence electrons. The van der Waals surface area contributed by atoms with Crippen molar-refractivity contribution in [1.29, 1.82) is 0 Å². The molecule has 4 aromatic rings. The van der Waals surface area contributed by atoms with Crippen LogP contribution in [-0.4, -0.2) is 37.8 Å². The molecule has 3 aromatic carbocycles. The topological polar surface area (TPSA) is 123 Å². The van der Waals surface area contributed by atoms with Gasteiger partial charge >= 0.3 is 5.97 Å². The second-order valence-electron chi connectivity index (χ2n) is 10.2. The first-order chi connectivity index (χ1) is 19.7. The highest BCUT2D eigenvalue weighted by molar-refractivity contribution is 6.06. The zero-order valence-electron chi connectivity index (χ0n) is 22.5. The smallest absolute Gasteiger partial charge is 0.303 e. The average Bonchev–Trinajstić information content (AvgIpc) is 3.38. The van der Waals surface area contributed by atoms with Crippen molar-refractivity contribution in [2.45, 2.75) is 51.2 Å². The molecule has 10 heteroatoms. The number of nitrogens with zero attached hydrogens (tertiary/aromatic N) is 3. The average molecular weight is 557 g/mol. The molecule has 1 aliphatic heterocycles. The van der Waals surface area contributed by atoms with Crippen molar-refractivity contribution >= 4 is 28.5 Å². The van der Waals surface area contributed by atoms with Crippen molar-refractivity contribution in [3.63, 3.8) is 0 Å². The highest BCUT2D eigenvalue weighted by Crippen LogP contribution is 2.28. The summed E-state index contributed by atoms with van der Waals surface area (Å²) in [5.74, 6) is -1.17. The summed E-state index contributed by atoms with van der Waals surface area (Å²) in [7, 11) is 0. The summed E-state index contributed by atoms with van der Waals surface area (Å²) in [4.78, 5) is 47.9. The van der Waals surface area contributed by atoms with Crippen LogP contribution in [0.15, 0.2) is 82.7 Å². The number of carbonyl (C=O) groups excluding carboxylic acids is 1. The Morgan fingerprint density at radius 2 is 1.83 bits per heavy atom. The number of aromatic nitrogens is 2. The van der Waals surface area contributed by atoms with Gasteiger partial charge in [0.25, 0.3) is 11.5 Å². The van der Waals surface area contributed by atoms with Crippen LogP contribution in [0.1, 0.15) is 49.6 Å². The standard InChI is InChI=1S/C31H29FN4O5/c1-31(30(40)33-19-20-7-3-2-4-8-20)18-26(35-41-31)21-11-16-24-25(17-21)34-27(9-5-6-10-28(37)38)36(29(24)39)23-14-12-22(32)13-15-23/h2-4,7-8,11-17H,5-6,9-10,18-19H2,1H3,(H,33,40)(H,37,38)/t31-/m0/s1. The number of benzene rings is 3. The predicted molar refractivity (Wildman–Crippen MR) is 151 cm³/mol. The van der Waals surface area contributed by atoms with E-state index in [4.69, 9.17) is 14.9 Å². The fourth-order valence-corrected chi connectivity index (χ4v) is 4.78. The van der Waals surface area contributed by atoms with Gasteiger partial charge in [0.1, 0.15) is 11.6 Å². The first-order valence-electron chi connectivity index (χ1n) is 13.3. The highest BCUT2D eigenvalue weighted by Gasteiger charge is 2.42. The number of aryl methyl sites for hydroxylation is 1. The summed E-state index contributed by atoms with van der Waals surface area (Å²) in [6, 6.07) is 20.3. The van der Waals surface area contributed by atoms with Crippen LogP contribution in [-0.2, 0) is 27.4 Å². The van der Waals surface area contributed by atoms with Gasteiger partial charge in [0.2, 0.25) is 5.60 Å². The van der Waals surface area contributed by atoms with Crippen molar-refractivity contribution in [3.8, 4) is 5.69 Å². The number of halogens is 1. The molecule has 0 saturated heterocycles. The lowest BCUT2D eigenvalue weighted by Gasteiger charge is -2.20. The van der Waals surface area contributed by atoms with Gasteiger partial charge in [0.05, 0.1) is 22.3 Å². The van der Waals surface area contributed by atoms with Crippen molar-refractivity contribution in [2.75, 3.05) is 0 Å². The fourth-order valence-electron chi connectivity index (χ4n) is 4.78. The van der Waals surface area contributed by atoms with E-state index in [0.29, 0.717) is 59.5 Å². The molecule has 5 rings (SSSR count). The Kier molecular flexibility index (Phi) is 7.91. The molecule has 1 aromatic heterocycles. The third-order valence-corrected chi connectivity index (χ3v) is 7.04. The zero-order chi connectivity index (χ0) is 29.0. The van der Waals surface area contributed by atoms with Crippen LogP contribution in [0.3, 0.4) is 0 Å². The molecule has 2 heterocycles. The summed E-state index contributed by atoms with van der Waals surface area (Å²) in [5.41, 5.74) is 1.58. The minimum atomic E-state index is -1.19. The Bertz CT molecular complexity index is 1690. The molecule has 0 radical (unpaired) electrons. The normalized spacial score (nSPS) is 16.3. The van der Waals surface area contributed by atoms with E-state index in [1.165, 1.54) is 28.8 Å². The maximum absolute atomic E-state index is 13.6. The third-order valence-electron chi connectivity index (χ3n) is 7.04. The first kappa shape index (κ1) is 27.7. The van der Waals surface area contributed by atoms with Gasteiger partial charge in [-0.15, -0.1) is 0 Å². The molecule has 2 N–H and O–H groups in total. The summed E-state index contributed by atoms with van der Waals surface area (Å²) in [6.45, 7) is 2.04. The quantitative estimate of drug-likeness (QED) is 0.277. The zero-order valence-corrected chi connectivity index (χ0v) is 22.5. The second-order valence-corrected chi connectivity index (χ2v) is 10.2. The Labute approximate surface area is 235 Å². The number of carboxylic acids is 1. The number of nitrogens with one attached hydrogen (secondary N) is 1. The van der Waals surface area contributed by atoms with Crippen LogP contribution in [0.5, 0.6) is 0 Å². The number of fused-ring (bicyclic) bond motifs is 1. The van der Waals surface area contributed by atoms with Gasteiger partial charge in [-0.1, -0.05) is 41.6 Å².